The van der Waals surface area contributed by atoms with Crippen molar-refractivity contribution in [3.05, 3.63) is 29.8 Å². The molecule has 1 aromatic carbocycles. The summed E-state index contributed by atoms with van der Waals surface area (Å²) in [5, 5.41) is 15.6. The van der Waals surface area contributed by atoms with Gasteiger partial charge in [0.2, 0.25) is 5.91 Å². The number of anilines is 1. The van der Waals surface area contributed by atoms with Gasteiger partial charge in [-0.3, -0.25) is 4.79 Å². The van der Waals surface area contributed by atoms with E-state index in [4.69, 9.17) is 0 Å². The van der Waals surface area contributed by atoms with Crippen LogP contribution in [0.15, 0.2) is 29.4 Å². The number of oxime groups is 1. The molecule has 1 aromatic rings. The molecule has 0 aliphatic carbocycles. The second-order valence-electron chi connectivity index (χ2n) is 6.39. The van der Waals surface area contributed by atoms with Crippen LogP contribution in [0.5, 0.6) is 0 Å². The normalized spacial score (nSPS) is 17.3. The highest BCUT2D eigenvalue weighted by atomic mass is 16.4. The number of fused-ring (bicyclic) bond motifs is 1. The van der Waals surface area contributed by atoms with E-state index < -0.39 is 0 Å². The molecule has 1 amide bonds. The Morgan fingerprint density at radius 2 is 2.10 bits per heavy atom. The summed E-state index contributed by atoms with van der Waals surface area (Å²) < 4.78 is 0. The second-order valence-corrected chi connectivity index (χ2v) is 6.39. The maximum atomic E-state index is 12.2. The average Bonchev–Trinajstić information content (AvgIpc) is 2.56. The highest BCUT2D eigenvalue weighted by Crippen LogP contribution is 2.26. The number of hydrogen-bond donors (Lipinski definition) is 2. The molecule has 0 fully saturated rings. The fourth-order valence-corrected chi connectivity index (χ4v) is 2.59. The highest BCUT2D eigenvalue weighted by Gasteiger charge is 2.22. The maximum absolute atomic E-state index is 12.2. The SMILES string of the molecule is CC(C)(C)NC(=O)CN1CCC/C(=N/O)c2ccccc21. The van der Waals surface area contributed by atoms with Crippen molar-refractivity contribution in [2.75, 3.05) is 18.0 Å². The third-order valence-corrected chi connectivity index (χ3v) is 3.37. The topological polar surface area (TPSA) is 64.9 Å². The number of para-hydroxylation sites is 1. The van der Waals surface area contributed by atoms with E-state index in [0.29, 0.717) is 18.7 Å². The van der Waals surface area contributed by atoms with E-state index in [2.05, 4.69) is 15.4 Å². The predicted molar refractivity (Wildman–Crippen MR) is 84.1 cm³/mol. The minimum Gasteiger partial charge on any atom is -0.411 e. The molecule has 1 aliphatic heterocycles. The Labute approximate surface area is 125 Å². The summed E-state index contributed by atoms with van der Waals surface area (Å²) in [5.74, 6) is 0.00157. The number of amides is 1. The monoisotopic (exact) mass is 289 g/mol. The number of carbonyl (C=O) groups excluding carboxylic acids is 1. The highest BCUT2D eigenvalue weighted by molar-refractivity contribution is 6.05. The molecule has 0 saturated heterocycles. The number of carbonyl (C=O) groups is 1. The lowest BCUT2D eigenvalue weighted by molar-refractivity contribution is -0.121. The number of nitrogens with one attached hydrogen (secondary N) is 1. The molecule has 0 unspecified atom stereocenters. The largest absolute Gasteiger partial charge is 0.411 e. The summed E-state index contributed by atoms with van der Waals surface area (Å²) in [5.41, 5.74) is 2.30. The Bertz CT molecular complexity index is 547. The summed E-state index contributed by atoms with van der Waals surface area (Å²) in [6.07, 6.45) is 1.57. The average molecular weight is 289 g/mol. The molecular weight excluding hydrogens is 266 g/mol. The Morgan fingerprint density at radius 3 is 2.76 bits per heavy atom. The van der Waals surface area contributed by atoms with Crippen molar-refractivity contribution in [1.29, 1.82) is 0 Å². The summed E-state index contributed by atoms with van der Waals surface area (Å²) in [6.45, 7) is 6.99. The van der Waals surface area contributed by atoms with E-state index in [9.17, 15) is 10.0 Å². The quantitative estimate of drug-likeness (QED) is 0.649. The molecule has 1 heterocycles. The van der Waals surface area contributed by atoms with Crippen LogP contribution < -0.4 is 10.2 Å². The van der Waals surface area contributed by atoms with Gasteiger partial charge in [0.25, 0.3) is 0 Å². The first-order valence-corrected chi connectivity index (χ1v) is 7.27. The molecule has 5 heteroatoms. The third-order valence-electron chi connectivity index (χ3n) is 3.37. The first kappa shape index (κ1) is 15.4. The van der Waals surface area contributed by atoms with Crippen LogP contribution in [0.25, 0.3) is 0 Å². The van der Waals surface area contributed by atoms with Crippen molar-refractivity contribution in [2.45, 2.75) is 39.2 Å². The van der Waals surface area contributed by atoms with Gasteiger partial charge in [0.05, 0.1) is 12.3 Å². The smallest absolute Gasteiger partial charge is 0.239 e. The van der Waals surface area contributed by atoms with Crippen LogP contribution >= 0.6 is 0 Å². The number of hydrogen-bond acceptors (Lipinski definition) is 4. The van der Waals surface area contributed by atoms with Crippen molar-refractivity contribution in [3.8, 4) is 0 Å². The Hall–Kier alpha value is -2.04. The van der Waals surface area contributed by atoms with E-state index >= 15 is 0 Å². The molecule has 0 atom stereocenters. The standard InChI is InChI=1S/C16H23N3O2/c1-16(2,3)17-15(20)11-19-10-6-8-13(18-21)12-7-4-5-9-14(12)19/h4-5,7,9,21H,6,8,10-11H2,1-3H3,(H,17,20)/b18-13-. The number of nitrogens with zero attached hydrogens (tertiary/aromatic N) is 2. The Morgan fingerprint density at radius 1 is 1.38 bits per heavy atom. The summed E-state index contributed by atoms with van der Waals surface area (Å²) in [7, 11) is 0. The molecule has 114 valence electrons. The molecule has 5 nitrogen and oxygen atoms in total. The van der Waals surface area contributed by atoms with Crippen LogP contribution in [0.4, 0.5) is 5.69 Å². The van der Waals surface area contributed by atoms with Crippen LogP contribution in [-0.4, -0.2) is 35.5 Å². The fraction of sp³-hybridized carbons (Fsp3) is 0.500. The lowest BCUT2D eigenvalue weighted by Gasteiger charge is -2.27. The lowest BCUT2D eigenvalue weighted by atomic mass is 10.1. The molecule has 2 N–H and O–H groups in total. The number of rotatable bonds is 2. The zero-order valence-electron chi connectivity index (χ0n) is 12.9. The van der Waals surface area contributed by atoms with E-state index in [-0.39, 0.29) is 11.4 Å². The van der Waals surface area contributed by atoms with E-state index in [1.54, 1.807) is 0 Å². The van der Waals surface area contributed by atoms with Gasteiger partial charge >= 0.3 is 0 Å². The summed E-state index contributed by atoms with van der Waals surface area (Å²) >= 11 is 0. The van der Waals surface area contributed by atoms with E-state index in [1.807, 2.05) is 45.0 Å². The fourth-order valence-electron chi connectivity index (χ4n) is 2.59. The molecule has 0 spiro atoms. The lowest BCUT2D eigenvalue weighted by Crippen LogP contribution is -2.46. The zero-order chi connectivity index (χ0) is 15.5. The van der Waals surface area contributed by atoms with Crippen molar-refractivity contribution in [1.82, 2.24) is 5.32 Å². The van der Waals surface area contributed by atoms with Gasteiger partial charge in [0.15, 0.2) is 0 Å². The van der Waals surface area contributed by atoms with Crippen molar-refractivity contribution < 1.29 is 10.0 Å². The minimum atomic E-state index is -0.236. The molecule has 0 aromatic heterocycles. The second kappa shape index (κ2) is 6.16. The Kier molecular flexibility index (Phi) is 4.50. The molecule has 0 saturated carbocycles. The molecule has 0 bridgehead atoms. The van der Waals surface area contributed by atoms with Crippen molar-refractivity contribution in [3.63, 3.8) is 0 Å². The molecular formula is C16H23N3O2. The van der Waals surface area contributed by atoms with Gasteiger partial charge in [0, 0.05) is 23.3 Å². The van der Waals surface area contributed by atoms with Crippen LogP contribution in [0, 0.1) is 0 Å². The predicted octanol–water partition coefficient (Wildman–Crippen LogP) is 2.38. The molecule has 2 rings (SSSR count). The van der Waals surface area contributed by atoms with Gasteiger partial charge in [-0.2, -0.15) is 0 Å². The molecule has 1 aliphatic rings. The van der Waals surface area contributed by atoms with Crippen LogP contribution in [0.3, 0.4) is 0 Å². The van der Waals surface area contributed by atoms with Gasteiger partial charge < -0.3 is 15.4 Å². The van der Waals surface area contributed by atoms with Gasteiger partial charge in [-0.15, -0.1) is 0 Å². The van der Waals surface area contributed by atoms with Gasteiger partial charge in [0.1, 0.15) is 0 Å². The van der Waals surface area contributed by atoms with Crippen molar-refractivity contribution in [2.24, 2.45) is 5.16 Å². The Balaban J connectivity index is 2.22. The van der Waals surface area contributed by atoms with Gasteiger partial charge in [-0.1, -0.05) is 23.4 Å². The van der Waals surface area contributed by atoms with Gasteiger partial charge in [-0.25, -0.2) is 0 Å². The molecule has 0 radical (unpaired) electrons. The zero-order valence-corrected chi connectivity index (χ0v) is 12.9. The first-order chi connectivity index (χ1) is 9.90. The van der Waals surface area contributed by atoms with Gasteiger partial charge in [-0.05, 0) is 39.7 Å². The van der Waals surface area contributed by atoms with Crippen LogP contribution in [-0.2, 0) is 4.79 Å². The van der Waals surface area contributed by atoms with Crippen LogP contribution in [0.2, 0.25) is 0 Å². The number of benzene rings is 1. The third kappa shape index (κ3) is 3.97. The first-order valence-electron chi connectivity index (χ1n) is 7.27. The summed E-state index contributed by atoms with van der Waals surface area (Å²) in [4.78, 5) is 14.2. The van der Waals surface area contributed by atoms with E-state index in [0.717, 1.165) is 24.2 Å². The van der Waals surface area contributed by atoms with E-state index in [1.165, 1.54) is 0 Å². The molecule has 21 heavy (non-hydrogen) atoms. The van der Waals surface area contributed by atoms with Crippen molar-refractivity contribution >= 4 is 17.3 Å². The van der Waals surface area contributed by atoms with Crippen LogP contribution in [0.1, 0.15) is 39.2 Å². The minimum absolute atomic E-state index is 0.00157. The summed E-state index contributed by atoms with van der Waals surface area (Å²) in [6, 6.07) is 7.76. The maximum Gasteiger partial charge on any atom is 0.239 e.